The molecule has 1 amide bonds. The summed E-state index contributed by atoms with van der Waals surface area (Å²) in [4.78, 5) is 29.6. The zero-order chi connectivity index (χ0) is 25.0. The van der Waals surface area contributed by atoms with E-state index >= 15 is 0 Å². The van der Waals surface area contributed by atoms with Crippen LogP contribution in [-0.2, 0) is 9.59 Å². The van der Waals surface area contributed by atoms with E-state index in [1.807, 2.05) is 32.8 Å². The van der Waals surface area contributed by atoms with E-state index in [9.17, 15) is 14.7 Å². The third kappa shape index (κ3) is 5.17. The van der Waals surface area contributed by atoms with Crippen molar-refractivity contribution in [3.63, 3.8) is 0 Å². The molecule has 1 heterocycles. The van der Waals surface area contributed by atoms with Crippen LogP contribution in [0.5, 0.6) is 17.2 Å². The minimum absolute atomic E-state index is 0.00604. The Kier molecular flexibility index (Phi) is 7.83. The summed E-state index contributed by atoms with van der Waals surface area (Å²) in [5, 5.41) is 11.2. The Morgan fingerprint density at radius 3 is 2.24 bits per heavy atom. The van der Waals surface area contributed by atoms with Crippen LogP contribution in [0.1, 0.15) is 31.0 Å². The van der Waals surface area contributed by atoms with Crippen LogP contribution in [0.4, 0.5) is 0 Å². The predicted molar refractivity (Wildman–Crippen MR) is 129 cm³/mol. The van der Waals surface area contributed by atoms with Gasteiger partial charge in [-0.15, -0.1) is 0 Å². The van der Waals surface area contributed by atoms with E-state index in [1.165, 1.54) is 19.1 Å². The van der Waals surface area contributed by atoms with Crippen molar-refractivity contribution >= 4 is 17.4 Å². The van der Waals surface area contributed by atoms with Gasteiger partial charge in [-0.2, -0.15) is 0 Å². The number of ketones is 1. The summed E-state index contributed by atoms with van der Waals surface area (Å²) in [7, 11) is 6.84. The molecule has 8 nitrogen and oxygen atoms in total. The van der Waals surface area contributed by atoms with Gasteiger partial charge in [0.15, 0.2) is 11.5 Å². The van der Waals surface area contributed by atoms with Gasteiger partial charge in [0, 0.05) is 18.7 Å². The zero-order valence-electron chi connectivity index (χ0n) is 20.5. The smallest absolute Gasteiger partial charge is 0.295 e. The van der Waals surface area contributed by atoms with E-state index in [2.05, 4.69) is 0 Å². The van der Waals surface area contributed by atoms with Crippen LogP contribution in [-0.4, -0.2) is 74.1 Å². The Balaban J connectivity index is 2.12. The number of hydrogen-bond acceptors (Lipinski definition) is 7. The first-order chi connectivity index (χ1) is 16.2. The summed E-state index contributed by atoms with van der Waals surface area (Å²) in [5.41, 5.74) is 1.10. The highest BCUT2D eigenvalue weighted by molar-refractivity contribution is 6.46. The van der Waals surface area contributed by atoms with Gasteiger partial charge in [0.25, 0.3) is 11.7 Å². The second-order valence-corrected chi connectivity index (χ2v) is 8.60. The Labute approximate surface area is 200 Å². The van der Waals surface area contributed by atoms with Crippen molar-refractivity contribution < 1.29 is 28.9 Å². The second kappa shape index (κ2) is 10.6. The van der Waals surface area contributed by atoms with Gasteiger partial charge >= 0.3 is 0 Å². The van der Waals surface area contributed by atoms with Gasteiger partial charge in [0.05, 0.1) is 31.9 Å². The first kappa shape index (κ1) is 25.1. The number of aliphatic hydroxyl groups is 1. The average molecular weight is 469 g/mol. The summed E-state index contributed by atoms with van der Waals surface area (Å²) in [6.07, 6.45) is 0.00604. The molecule has 0 aliphatic carbocycles. The van der Waals surface area contributed by atoms with Crippen LogP contribution < -0.4 is 14.2 Å². The molecule has 8 heteroatoms. The number of carbonyl (C=O) groups excluding carboxylic acids is 2. The number of hydrogen-bond donors (Lipinski definition) is 1. The van der Waals surface area contributed by atoms with Crippen molar-refractivity contribution in [3.05, 3.63) is 59.2 Å². The zero-order valence-corrected chi connectivity index (χ0v) is 20.5. The third-order valence-corrected chi connectivity index (χ3v) is 5.55. The molecular formula is C26H32N2O6. The molecule has 1 aliphatic heterocycles. The Bertz CT molecular complexity index is 1080. The van der Waals surface area contributed by atoms with Gasteiger partial charge in [-0.3, -0.25) is 9.59 Å². The van der Waals surface area contributed by atoms with Gasteiger partial charge in [0.1, 0.15) is 11.5 Å². The molecule has 1 saturated heterocycles. The molecule has 0 bridgehead atoms. The minimum Gasteiger partial charge on any atom is -0.507 e. The Hall–Kier alpha value is -3.52. The molecule has 0 aromatic heterocycles. The molecule has 1 atom stereocenters. The third-order valence-electron chi connectivity index (χ3n) is 5.55. The highest BCUT2D eigenvalue weighted by Gasteiger charge is 2.46. The molecule has 2 aromatic carbocycles. The van der Waals surface area contributed by atoms with Crippen LogP contribution >= 0.6 is 0 Å². The van der Waals surface area contributed by atoms with E-state index in [4.69, 9.17) is 14.2 Å². The largest absolute Gasteiger partial charge is 0.507 e. The maximum Gasteiger partial charge on any atom is 0.295 e. The van der Waals surface area contributed by atoms with Crippen molar-refractivity contribution in [2.45, 2.75) is 26.0 Å². The van der Waals surface area contributed by atoms with Gasteiger partial charge in [0.2, 0.25) is 0 Å². The number of methoxy groups -OCH3 is 2. The Morgan fingerprint density at radius 2 is 1.68 bits per heavy atom. The molecule has 0 saturated carbocycles. The van der Waals surface area contributed by atoms with Crippen molar-refractivity contribution in [2.75, 3.05) is 41.4 Å². The van der Waals surface area contributed by atoms with Crippen molar-refractivity contribution in [1.29, 1.82) is 0 Å². The lowest BCUT2D eigenvalue weighted by Gasteiger charge is -2.27. The van der Waals surface area contributed by atoms with E-state index in [0.717, 1.165) is 0 Å². The summed E-state index contributed by atoms with van der Waals surface area (Å²) in [5.74, 6) is 0.0307. The molecule has 1 fully saturated rings. The molecule has 1 aliphatic rings. The molecule has 34 heavy (non-hydrogen) atoms. The average Bonchev–Trinajstić information content (AvgIpc) is 3.06. The predicted octanol–water partition coefficient (Wildman–Crippen LogP) is 3.47. The van der Waals surface area contributed by atoms with Crippen LogP contribution in [0.25, 0.3) is 5.76 Å². The van der Waals surface area contributed by atoms with E-state index in [-0.39, 0.29) is 17.4 Å². The lowest BCUT2D eigenvalue weighted by atomic mass is 9.95. The number of amides is 1. The van der Waals surface area contributed by atoms with E-state index < -0.39 is 17.7 Å². The molecule has 3 rings (SSSR count). The number of aliphatic hydroxyl groups excluding tert-OH is 1. The van der Waals surface area contributed by atoms with Crippen LogP contribution in [0.2, 0.25) is 0 Å². The number of likely N-dealkylation sites (tertiary alicyclic amines) is 1. The number of carbonyl (C=O) groups is 2. The molecule has 1 N–H and O–H groups in total. The summed E-state index contributed by atoms with van der Waals surface area (Å²) < 4.78 is 16.4. The number of benzene rings is 2. The van der Waals surface area contributed by atoms with Crippen molar-refractivity contribution in [3.8, 4) is 17.2 Å². The monoisotopic (exact) mass is 468 g/mol. The number of ether oxygens (including phenoxy) is 3. The first-order valence-corrected chi connectivity index (χ1v) is 11.1. The maximum absolute atomic E-state index is 13.1. The molecular weight excluding hydrogens is 436 g/mol. The fourth-order valence-corrected chi connectivity index (χ4v) is 3.91. The normalized spacial score (nSPS) is 17.5. The van der Waals surface area contributed by atoms with E-state index in [0.29, 0.717) is 41.5 Å². The molecule has 0 unspecified atom stereocenters. The van der Waals surface area contributed by atoms with Gasteiger partial charge in [-0.25, -0.2) is 0 Å². The minimum atomic E-state index is -0.772. The van der Waals surface area contributed by atoms with Gasteiger partial charge < -0.3 is 29.1 Å². The molecule has 2 aromatic rings. The molecule has 0 spiro atoms. The maximum atomic E-state index is 13.1. The summed E-state index contributed by atoms with van der Waals surface area (Å²) in [6.45, 7) is 4.71. The number of nitrogens with zero attached hydrogens (tertiary/aromatic N) is 2. The highest BCUT2D eigenvalue weighted by Crippen LogP contribution is 2.42. The van der Waals surface area contributed by atoms with E-state index in [1.54, 1.807) is 42.5 Å². The number of likely N-dealkylation sites (N-methyl/N-ethyl adjacent to an activating group) is 1. The number of Topliss-reactive ketones (excluding diaryl/α,β-unsaturated/α-hetero) is 1. The summed E-state index contributed by atoms with van der Waals surface area (Å²) >= 11 is 0. The van der Waals surface area contributed by atoms with Crippen LogP contribution in [0, 0.1) is 0 Å². The van der Waals surface area contributed by atoms with Crippen LogP contribution in [0.15, 0.2) is 48.0 Å². The van der Waals surface area contributed by atoms with Crippen LogP contribution in [0.3, 0.4) is 0 Å². The SMILES string of the molecule is COc1ccc([C@H]2C(=C(O)c3ccc(OC(C)C)cc3)C(=O)C(=O)N2CCN(C)C)cc1OC. The fourth-order valence-electron chi connectivity index (χ4n) is 3.91. The molecule has 182 valence electrons. The molecule has 0 radical (unpaired) electrons. The quantitative estimate of drug-likeness (QED) is 0.342. The lowest BCUT2D eigenvalue weighted by Crippen LogP contribution is -2.35. The van der Waals surface area contributed by atoms with Gasteiger partial charge in [-0.05, 0) is 69.9 Å². The highest BCUT2D eigenvalue weighted by atomic mass is 16.5. The summed E-state index contributed by atoms with van der Waals surface area (Å²) in [6, 6.07) is 11.2. The lowest BCUT2D eigenvalue weighted by molar-refractivity contribution is -0.140. The van der Waals surface area contributed by atoms with Crippen molar-refractivity contribution in [1.82, 2.24) is 9.80 Å². The Morgan fingerprint density at radius 1 is 1.03 bits per heavy atom. The van der Waals surface area contributed by atoms with Gasteiger partial charge in [-0.1, -0.05) is 6.07 Å². The standard InChI is InChI=1S/C26H32N2O6/c1-16(2)34-19-10-7-17(8-11-19)24(29)22-23(18-9-12-20(32-5)21(15-18)33-6)28(14-13-27(3)4)26(31)25(22)30/h7-12,15-16,23,29H,13-14H2,1-6H3/t23-/m0/s1. The topological polar surface area (TPSA) is 88.5 Å². The second-order valence-electron chi connectivity index (χ2n) is 8.60. The van der Waals surface area contributed by atoms with Crippen molar-refractivity contribution in [2.24, 2.45) is 0 Å². The first-order valence-electron chi connectivity index (χ1n) is 11.1. The number of rotatable bonds is 9. The fraction of sp³-hybridized carbons (Fsp3) is 0.385.